The molecule has 1 fully saturated rings. The highest BCUT2D eigenvalue weighted by molar-refractivity contribution is 9.10. The Balaban J connectivity index is 1.67. The molecular formula is C23H22BrCl2N3OS. The van der Waals surface area contributed by atoms with Crippen LogP contribution in [-0.4, -0.2) is 25.8 Å². The van der Waals surface area contributed by atoms with Crippen LogP contribution in [-0.2, 0) is 0 Å². The SMILES string of the molecule is C[C@@H](Sc1nnc(-c2ccc(Cl)cc2Cl)n1C1CCCCC1)C(=O)c1ccc(Br)cc1. The van der Waals surface area contributed by atoms with E-state index in [4.69, 9.17) is 23.2 Å². The van der Waals surface area contributed by atoms with E-state index in [9.17, 15) is 4.79 Å². The van der Waals surface area contributed by atoms with E-state index in [1.807, 2.05) is 43.3 Å². The second kappa shape index (κ2) is 10.1. The van der Waals surface area contributed by atoms with Crippen LogP contribution in [0.2, 0.25) is 10.0 Å². The van der Waals surface area contributed by atoms with Crippen molar-refractivity contribution in [3.63, 3.8) is 0 Å². The van der Waals surface area contributed by atoms with Gasteiger partial charge in [0.15, 0.2) is 16.8 Å². The fourth-order valence-corrected chi connectivity index (χ4v) is 5.69. The highest BCUT2D eigenvalue weighted by atomic mass is 79.9. The predicted molar refractivity (Wildman–Crippen MR) is 131 cm³/mol. The Morgan fingerprint density at radius 2 is 1.81 bits per heavy atom. The summed E-state index contributed by atoms with van der Waals surface area (Å²) >= 11 is 17.5. The minimum atomic E-state index is -0.291. The van der Waals surface area contributed by atoms with E-state index < -0.39 is 0 Å². The van der Waals surface area contributed by atoms with E-state index in [0.717, 1.165) is 33.9 Å². The molecule has 0 N–H and O–H groups in total. The van der Waals surface area contributed by atoms with E-state index in [0.29, 0.717) is 21.7 Å². The summed E-state index contributed by atoms with van der Waals surface area (Å²) < 4.78 is 3.13. The van der Waals surface area contributed by atoms with Gasteiger partial charge in [-0.2, -0.15) is 0 Å². The van der Waals surface area contributed by atoms with Crippen molar-refractivity contribution >= 4 is 56.7 Å². The Hall–Kier alpha value is -1.34. The predicted octanol–water partition coefficient (Wildman–Crippen LogP) is 7.88. The van der Waals surface area contributed by atoms with Crippen LogP contribution in [0.5, 0.6) is 0 Å². The van der Waals surface area contributed by atoms with Crippen molar-refractivity contribution in [1.29, 1.82) is 0 Å². The number of Topliss-reactive ketones (excluding diaryl/α,β-unsaturated/α-hetero) is 1. The topological polar surface area (TPSA) is 47.8 Å². The van der Waals surface area contributed by atoms with Crippen LogP contribution in [0.1, 0.15) is 55.4 Å². The average molecular weight is 539 g/mol. The van der Waals surface area contributed by atoms with Crippen LogP contribution in [0.3, 0.4) is 0 Å². The van der Waals surface area contributed by atoms with E-state index in [2.05, 4.69) is 30.7 Å². The third kappa shape index (κ3) is 5.19. The number of hydrogen-bond acceptors (Lipinski definition) is 4. The molecule has 1 saturated carbocycles. The van der Waals surface area contributed by atoms with Gasteiger partial charge in [-0.15, -0.1) is 10.2 Å². The first-order chi connectivity index (χ1) is 14.9. The van der Waals surface area contributed by atoms with Crippen LogP contribution in [0.15, 0.2) is 52.1 Å². The van der Waals surface area contributed by atoms with Crippen LogP contribution in [0.4, 0.5) is 0 Å². The summed E-state index contributed by atoms with van der Waals surface area (Å²) in [5.41, 5.74) is 1.50. The quantitative estimate of drug-likeness (QED) is 0.236. The summed E-state index contributed by atoms with van der Waals surface area (Å²) in [6.45, 7) is 1.92. The van der Waals surface area contributed by atoms with Crippen molar-refractivity contribution in [3.8, 4) is 11.4 Å². The molecule has 0 unspecified atom stereocenters. The number of hydrogen-bond donors (Lipinski definition) is 0. The lowest BCUT2D eigenvalue weighted by molar-refractivity contribution is 0.0993. The monoisotopic (exact) mass is 537 g/mol. The van der Waals surface area contributed by atoms with Gasteiger partial charge < -0.3 is 0 Å². The molecule has 0 amide bonds. The summed E-state index contributed by atoms with van der Waals surface area (Å²) in [7, 11) is 0. The zero-order chi connectivity index (χ0) is 22.0. The number of carbonyl (C=O) groups is 1. The van der Waals surface area contributed by atoms with Crippen molar-refractivity contribution in [1.82, 2.24) is 14.8 Å². The molecule has 1 heterocycles. The smallest absolute Gasteiger partial charge is 0.192 e. The molecule has 1 aliphatic carbocycles. The molecule has 31 heavy (non-hydrogen) atoms. The van der Waals surface area contributed by atoms with Gasteiger partial charge in [-0.3, -0.25) is 9.36 Å². The minimum Gasteiger partial charge on any atom is -0.299 e. The zero-order valence-corrected chi connectivity index (χ0v) is 20.9. The Morgan fingerprint density at radius 1 is 1.10 bits per heavy atom. The largest absolute Gasteiger partial charge is 0.299 e. The zero-order valence-electron chi connectivity index (χ0n) is 17.0. The maximum Gasteiger partial charge on any atom is 0.192 e. The second-order valence-electron chi connectivity index (χ2n) is 7.72. The molecule has 2 aromatic carbocycles. The van der Waals surface area contributed by atoms with Gasteiger partial charge in [-0.1, -0.05) is 82.3 Å². The van der Waals surface area contributed by atoms with E-state index in [1.54, 1.807) is 6.07 Å². The maximum atomic E-state index is 13.0. The van der Waals surface area contributed by atoms with Gasteiger partial charge in [-0.25, -0.2) is 0 Å². The van der Waals surface area contributed by atoms with Gasteiger partial charge in [-0.05, 0) is 50.1 Å². The minimum absolute atomic E-state index is 0.0711. The summed E-state index contributed by atoms with van der Waals surface area (Å²) in [5.74, 6) is 0.807. The summed E-state index contributed by atoms with van der Waals surface area (Å²) in [5, 5.41) is 10.6. The van der Waals surface area contributed by atoms with Gasteiger partial charge in [0.2, 0.25) is 0 Å². The van der Waals surface area contributed by atoms with Gasteiger partial charge in [0.25, 0.3) is 0 Å². The van der Waals surface area contributed by atoms with Crippen molar-refractivity contribution in [3.05, 3.63) is 62.5 Å². The van der Waals surface area contributed by atoms with Gasteiger partial charge in [0, 0.05) is 26.7 Å². The standard InChI is InChI=1S/C23H22BrCl2N3OS/c1-14(21(30)15-7-9-16(24)10-8-15)31-23-28-27-22(19-12-11-17(25)13-20(19)26)29(23)18-5-3-2-4-6-18/h7-14,18H,2-6H2,1H3/t14-/m1/s1. The third-order valence-corrected chi connectivity index (χ3v) is 7.69. The molecule has 0 saturated heterocycles. The first kappa shape index (κ1) is 22.8. The van der Waals surface area contributed by atoms with Crippen LogP contribution >= 0.6 is 50.9 Å². The molecule has 1 atom stereocenters. The fourth-order valence-electron chi connectivity index (χ4n) is 3.94. The molecule has 0 bridgehead atoms. The average Bonchev–Trinajstić information content (AvgIpc) is 3.17. The number of ketones is 1. The first-order valence-electron chi connectivity index (χ1n) is 10.3. The molecule has 4 nitrogen and oxygen atoms in total. The molecule has 4 rings (SSSR count). The normalized spacial score (nSPS) is 15.7. The number of aromatic nitrogens is 3. The molecule has 0 spiro atoms. The highest BCUT2D eigenvalue weighted by Gasteiger charge is 2.27. The van der Waals surface area contributed by atoms with Gasteiger partial charge in [0.1, 0.15) is 0 Å². The summed E-state index contributed by atoms with van der Waals surface area (Å²) in [4.78, 5) is 13.0. The Kier molecular flexibility index (Phi) is 7.42. The molecular weight excluding hydrogens is 517 g/mol. The molecule has 3 aromatic rings. The highest BCUT2D eigenvalue weighted by Crippen LogP contribution is 2.39. The van der Waals surface area contributed by atoms with Gasteiger partial charge >= 0.3 is 0 Å². The molecule has 162 valence electrons. The number of halogens is 3. The number of benzene rings is 2. The Morgan fingerprint density at radius 3 is 2.48 bits per heavy atom. The van der Waals surface area contributed by atoms with Crippen LogP contribution < -0.4 is 0 Å². The number of rotatable bonds is 6. The van der Waals surface area contributed by atoms with Crippen molar-refractivity contribution in [2.75, 3.05) is 0 Å². The number of carbonyl (C=O) groups excluding carboxylic acids is 1. The van der Waals surface area contributed by atoms with E-state index in [-0.39, 0.29) is 11.0 Å². The summed E-state index contributed by atoms with van der Waals surface area (Å²) in [6.07, 6.45) is 5.73. The second-order valence-corrected chi connectivity index (χ2v) is 10.8. The summed E-state index contributed by atoms with van der Waals surface area (Å²) in [6, 6.07) is 13.2. The molecule has 8 heteroatoms. The van der Waals surface area contributed by atoms with E-state index in [1.165, 1.54) is 31.0 Å². The lowest BCUT2D eigenvalue weighted by Crippen LogP contribution is -2.18. The molecule has 1 aliphatic rings. The number of nitrogens with zero attached hydrogens (tertiary/aromatic N) is 3. The van der Waals surface area contributed by atoms with Crippen molar-refractivity contribution < 1.29 is 4.79 Å². The molecule has 1 aromatic heterocycles. The number of thioether (sulfide) groups is 1. The van der Waals surface area contributed by atoms with Crippen molar-refractivity contribution in [2.45, 2.75) is 55.5 Å². The van der Waals surface area contributed by atoms with Crippen LogP contribution in [0, 0.1) is 0 Å². The maximum absolute atomic E-state index is 13.0. The van der Waals surface area contributed by atoms with Crippen molar-refractivity contribution in [2.24, 2.45) is 0 Å². The van der Waals surface area contributed by atoms with Crippen LogP contribution in [0.25, 0.3) is 11.4 Å². The fraction of sp³-hybridized carbons (Fsp3) is 0.348. The lowest BCUT2D eigenvalue weighted by Gasteiger charge is -2.26. The van der Waals surface area contributed by atoms with E-state index >= 15 is 0 Å². The molecule has 0 radical (unpaired) electrons. The molecule has 0 aliphatic heterocycles. The third-order valence-electron chi connectivity index (χ3n) is 5.56. The lowest BCUT2D eigenvalue weighted by atomic mass is 9.95. The first-order valence-corrected chi connectivity index (χ1v) is 12.7. The Labute approximate surface area is 204 Å². The Bertz CT molecular complexity index is 1080. The van der Waals surface area contributed by atoms with Gasteiger partial charge in [0.05, 0.1) is 10.3 Å².